The second-order valence-electron chi connectivity index (χ2n) is 6.00. The predicted octanol–water partition coefficient (Wildman–Crippen LogP) is 3.24. The van der Waals surface area contributed by atoms with Gasteiger partial charge in [0.2, 0.25) is 5.91 Å². The lowest BCUT2D eigenvalue weighted by Gasteiger charge is -2.25. The molecule has 1 fully saturated rings. The van der Waals surface area contributed by atoms with Crippen molar-refractivity contribution < 1.29 is 14.4 Å². The van der Waals surface area contributed by atoms with Crippen LogP contribution in [0.3, 0.4) is 0 Å². The van der Waals surface area contributed by atoms with Crippen molar-refractivity contribution in [1.29, 1.82) is 0 Å². The maximum absolute atomic E-state index is 13.0. The highest BCUT2D eigenvalue weighted by Crippen LogP contribution is 2.32. The number of hydrogen-bond acceptors (Lipinski definition) is 3. The zero-order valence-electron chi connectivity index (χ0n) is 14.2. The number of halogens is 1. The molecule has 1 heterocycles. The Kier molecular flexibility index (Phi) is 5.08. The highest BCUT2D eigenvalue weighted by atomic mass is 79.9. The maximum Gasteiger partial charge on any atom is 0.325 e. The number of rotatable bonds is 5. The van der Waals surface area contributed by atoms with Crippen LogP contribution in [0.25, 0.3) is 0 Å². The summed E-state index contributed by atoms with van der Waals surface area (Å²) in [6, 6.07) is 15.6. The molecule has 1 atom stereocenters. The van der Waals surface area contributed by atoms with Gasteiger partial charge in [-0.1, -0.05) is 59.3 Å². The number of anilines is 1. The van der Waals surface area contributed by atoms with Gasteiger partial charge in [-0.2, -0.15) is 0 Å². The molecule has 0 bridgehead atoms. The second kappa shape index (κ2) is 7.29. The molecule has 0 saturated carbocycles. The van der Waals surface area contributed by atoms with E-state index in [0.29, 0.717) is 17.7 Å². The number of imide groups is 1. The van der Waals surface area contributed by atoms with Gasteiger partial charge in [0, 0.05) is 10.2 Å². The van der Waals surface area contributed by atoms with Crippen molar-refractivity contribution in [2.24, 2.45) is 0 Å². The minimum atomic E-state index is -1.13. The average Bonchev–Trinajstić information content (AvgIpc) is 2.87. The third-order valence-electron chi connectivity index (χ3n) is 4.38. The topological polar surface area (TPSA) is 78.5 Å². The first-order chi connectivity index (χ1) is 12.5. The van der Waals surface area contributed by atoms with Crippen LogP contribution in [0, 0.1) is 0 Å². The number of carbonyl (C=O) groups is 3. The number of nitrogens with zero attached hydrogens (tertiary/aromatic N) is 1. The summed E-state index contributed by atoms with van der Waals surface area (Å²) in [6.45, 7) is 1.49. The predicted molar refractivity (Wildman–Crippen MR) is 101 cm³/mol. The van der Waals surface area contributed by atoms with Gasteiger partial charge in [-0.15, -0.1) is 0 Å². The van der Waals surface area contributed by atoms with Crippen LogP contribution in [-0.2, 0) is 15.1 Å². The van der Waals surface area contributed by atoms with Gasteiger partial charge >= 0.3 is 6.03 Å². The van der Waals surface area contributed by atoms with Crippen LogP contribution < -0.4 is 10.6 Å². The molecule has 1 saturated heterocycles. The molecule has 0 spiro atoms. The molecule has 0 radical (unpaired) electrons. The molecule has 2 aromatic carbocycles. The minimum absolute atomic E-state index is 0.342. The fraction of sp³-hybridized carbons (Fsp3) is 0.211. The average molecular weight is 416 g/mol. The van der Waals surface area contributed by atoms with Gasteiger partial charge < -0.3 is 10.6 Å². The van der Waals surface area contributed by atoms with E-state index in [1.807, 2.05) is 31.2 Å². The van der Waals surface area contributed by atoms with Gasteiger partial charge in [0.25, 0.3) is 5.91 Å². The summed E-state index contributed by atoms with van der Waals surface area (Å²) in [7, 11) is 0. The first-order valence-corrected chi connectivity index (χ1v) is 9.00. The molecule has 6 nitrogen and oxygen atoms in total. The molecule has 0 aliphatic carbocycles. The number of benzene rings is 2. The Bertz CT molecular complexity index is 856. The molecule has 4 amide bonds. The Morgan fingerprint density at radius 2 is 1.88 bits per heavy atom. The SMILES string of the molecule is CC[C@]1(c2ccccc2)NC(=O)N(CC(=O)Nc2cccc(Br)c2)C1=O. The maximum atomic E-state index is 13.0. The third-order valence-corrected chi connectivity index (χ3v) is 4.88. The molecule has 3 rings (SSSR count). The van der Waals surface area contributed by atoms with Crippen LogP contribution >= 0.6 is 15.9 Å². The zero-order valence-corrected chi connectivity index (χ0v) is 15.7. The van der Waals surface area contributed by atoms with Gasteiger partial charge in [-0.25, -0.2) is 4.79 Å². The molecule has 1 aliphatic heterocycles. The van der Waals surface area contributed by atoms with E-state index >= 15 is 0 Å². The van der Waals surface area contributed by atoms with Crippen molar-refractivity contribution >= 4 is 39.5 Å². The lowest BCUT2D eigenvalue weighted by molar-refractivity contribution is -0.134. The number of carbonyl (C=O) groups excluding carboxylic acids is 3. The van der Waals surface area contributed by atoms with E-state index in [4.69, 9.17) is 0 Å². The van der Waals surface area contributed by atoms with Crippen LogP contribution in [0.2, 0.25) is 0 Å². The first-order valence-electron chi connectivity index (χ1n) is 8.21. The highest BCUT2D eigenvalue weighted by Gasteiger charge is 2.51. The Hall–Kier alpha value is -2.67. The zero-order chi connectivity index (χ0) is 18.7. The van der Waals surface area contributed by atoms with E-state index in [-0.39, 0.29) is 6.54 Å². The molecular weight excluding hydrogens is 398 g/mol. The van der Waals surface area contributed by atoms with E-state index in [1.54, 1.807) is 30.3 Å². The largest absolute Gasteiger partial charge is 0.325 e. The summed E-state index contributed by atoms with van der Waals surface area (Å²) in [5, 5.41) is 5.45. The van der Waals surface area contributed by atoms with Crippen molar-refractivity contribution in [2.45, 2.75) is 18.9 Å². The number of amides is 4. The monoisotopic (exact) mass is 415 g/mol. The van der Waals surface area contributed by atoms with Gasteiger partial charge in [-0.05, 0) is 30.2 Å². The molecule has 0 aromatic heterocycles. The summed E-state index contributed by atoms with van der Waals surface area (Å²) in [6.07, 6.45) is 0.394. The molecular formula is C19H18BrN3O3. The smallest absolute Gasteiger partial charge is 0.324 e. The van der Waals surface area contributed by atoms with Crippen LogP contribution in [0.1, 0.15) is 18.9 Å². The fourth-order valence-corrected chi connectivity index (χ4v) is 3.44. The number of hydrogen-bond donors (Lipinski definition) is 2. The quantitative estimate of drug-likeness (QED) is 0.735. The third kappa shape index (κ3) is 3.35. The number of urea groups is 1. The van der Waals surface area contributed by atoms with Gasteiger partial charge in [0.15, 0.2) is 0 Å². The summed E-state index contributed by atoms with van der Waals surface area (Å²) < 4.78 is 0.819. The summed E-state index contributed by atoms with van der Waals surface area (Å²) >= 11 is 3.33. The van der Waals surface area contributed by atoms with Crippen molar-refractivity contribution in [3.05, 3.63) is 64.6 Å². The fourth-order valence-electron chi connectivity index (χ4n) is 3.04. The molecule has 26 heavy (non-hydrogen) atoms. The van der Waals surface area contributed by atoms with Gasteiger partial charge in [0.1, 0.15) is 12.1 Å². The van der Waals surface area contributed by atoms with Gasteiger partial charge in [0.05, 0.1) is 0 Å². The van der Waals surface area contributed by atoms with Crippen molar-refractivity contribution in [1.82, 2.24) is 10.2 Å². The van der Waals surface area contributed by atoms with Crippen molar-refractivity contribution in [2.75, 3.05) is 11.9 Å². The van der Waals surface area contributed by atoms with E-state index in [9.17, 15) is 14.4 Å². The Morgan fingerprint density at radius 1 is 1.15 bits per heavy atom. The lowest BCUT2D eigenvalue weighted by Crippen LogP contribution is -2.44. The van der Waals surface area contributed by atoms with E-state index in [1.165, 1.54) is 0 Å². The van der Waals surface area contributed by atoms with Gasteiger partial charge in [-0.3, -0.25) is 14.5 Å². The van der Waals surface area contributed by atoms with E-state index in [0.717, 1.165) is 9.37 Å². The Labute approximate surface area is 159 Å². The highest BCUT2D eigenvalue weighted by molar-refractivity contribution is 9.10. The molecule has 2 aromatic rings. The van der Waals surface area contributed by atoms with E-state index in [2.05, 4.69) is 26.6 Å². The second-order valence-corrected chi connectivity index (χ2v) is 6.92. The molecule has 2 N–H and O–H groups in total. The van der Waals surface area contributed by atoms with Crippen LogP contribution in [0.4, 0.5) is 10.5 Å². The van der Waals surface area contributed by atoms with Crippen molar-refractivity contribution in [3.63, 3.8) is 0 Å². The standard InChI is InChI=1S/C19H18BrN3O3/c1-2-19(13-7-4-3-5-8-13)17(25)23(18(26)22-19)12-16(24)21-15-10-6-9-14(20)11-15/h3-11H,2,12H2,1H3,(H,21,24)(H,22,26)/t19-/m1/s1. The Morgan fingerprint density at radius 3 is 2.54 bits per heavy atom. The summed E-state index contributed by atoms with van der Waals surface area (Å²) in [5.74, 6) is -0.854. The van der Waals surface area contributed by atoms with Crippen LogP contribution in [-0.4, -0.2) is 29.3 Å². The normalized spacial score (nSPS) is 19.4. The summed E-state index contributed by atoms with van der Waals surface area (Å²) in [4.78, 5) is 38.6. The van der Waals surface area contributed by atoms with Crippen LogP contribution in [0.15, 0.2) is 59.1 Å². The molecule has 7 heteroatoms. The first kappa shape index (κ1) is 18.1. The molecule has 0 unspecified atom stereocenters. The van der Waals surface area contributed by atoms with Crippen molar-refractivity contribution in [3.8, 4) is 0 Å². The van der Waals surface area contributed by atoms with Crippen LogP contribution in [0.5, 0.6) is 0 Å². The molecule has 1 aliphatic rings. The lowest BCUT2D eigenvalue weighted by atomic mass is 9.87. The summed E-state index contributed by atoms with van der Waals surface area (Å²) in [5.41, 5.74) is 0.158. The molecule has 134 valence electrons. The minimum Gasteiger partial charge on any atom is -0.324 e. The Balaban J connectivity index is 1.77. The number of nitrogens with one attached hydrogen (secondary N) is 2. The van der Waals surface area contributed by atoms with E-state index < -0.39 is 23.4 Å².